The molecule has 2 aromatic rings. The van der Waals surface area contributed by atoms with Gasteiger partial charge in [-0.1, -0.05) is 22.9 Å². The Morgan fingerprint density at radius 1 is 1.42 bits per heavy atom. The third-order valence-electron chi connectivity index (χ3n) is 2.61. The molecule has 0 aliphatic rings. The minimum Gasteiger partial charge on any atom is -0.437 e. The maximum atomic E-state index is 13.3. The molecule has 0 spiro atoms. The zero-order valence-electron chi connectivity index (χ0n) is 10.8. The Morgan fingerprint density at radius 2 is 2.16 bits per heavy atom. The van der Waals surface area contributed by atoms with Crippen LogP contribution in [-0.4, -0.2) is 9.78 Å². The van der Waals surface area contributed by atoms with Gasteiger partial charge in [0.25, 0.3) is 0 Å². The van der Waals surface area contributed by atoms with E-state index in [4.69, 9.17) is 10.5 Å². The van der Waals surface area contributed by atoms with Gasteiger partial charge in [0, 0.05) is 17.1 Å². The van der Waals surface area contributed by atoms with Crippen molar-refractivity contribution in [3.63, 3.8) is 0 Å². The summed E-state index contributed by atoms with van der Waals surface area (Å²) in [5.41, 5.74) is 7.13. The van der Waals surface area contributed by atoms with Crippen LogP contribution in [0.15, 0.2) is 22.7 Å². The second-order valence-corrected chi connectivity index (χ2v) is 5.15. The predicted octanol–water partition coefficient (Wildman–Crippen LogP) is 3.88. The molecule has 0 atom stereocenters. The summed E-state index contributed by atoms with van der Waals surface area (Å²) in [6.07, 6.45) is 0.907. The zero-order chi connectivity index (χ0) is 14.0. The van der Waals surface area contributed by atoms with Crippen LogP contribution in [0.5, 0.6) is 11.6 Å². The third kappa shape index (κ3) is 3.07. The van der Waals surface area contributed by atoms with E-state index in [-0.39, 0.29) is 5.82 Å². The van der Waals surface area contributed by atoms with Crippen molar-refractivity contribution >= 4 is 21.6 Å². The van der Waals surface area contributed by atoms with Crippen molar-refractivity contribution in [2.45, 2.75) is 26.8 Å². The van der Waals surface area contributed by atoms with Crippen LogP contribution in [0.3, 0.4) is 0 Å². The molecule has 0 aliphatic carbocycles. The molecular formula is C13H15BrFN3O. The van der Waals surface area contributed by atoms with Crippen LogP contribution in [0, 0.1) is 12.7 Å². The zero-order valence-corrected chi connectivity index (χ0v) is 12.4. The minimum absolute atomic E-state index is 0.374. The number of nitrogens with zero attached hydrogens (tertiary/aromatic N) is 2. The van der Waals surface area contributed by atoms with E-state index in [0.717, 1.165) is 6.42 Å². The number of aryl methyl sites for hydroxylation is 2. The molecule has 0 saturated heterocycles. The number of nitrogen functional groups attached to an aromatic ring is 1. The van der Waals surface area contributed by atoms with Crippen LogP contribution >= 0.6 is 15.9 Å². The molecule has 2 rings (SSSR count). The second-order valence-electron chi connectivity index (χ2n) is 4.23. The summed E-state index contributed by atoms with van der Waals surface area (Å²) in [5.74, 6) is 0.467. The SMILES string of the molecule is CCCn1nc(C)c(N)c1Oc1cc(F)cc(Br)c1. The number of nitrogens with two attached hydrogens (primary N) is 1. The molecule has 0 fully saturated rings. The fourth-order valence-corrected chi connectivity index (χ4v) is 2.19. The molecule has 1 heterocycles. The summed E-state index contributed by atoms with van der Waals surface area (Å²) in [4.78, 5) is 0. The van der Waals surface area contributed by atoms with Gasteiger partial charge in [-0.05, 0) is 25.5 Å². The highest BCUT2D eigenvalue weighted by Gasteiger charge is 2.15. The molecule has 0 aliphatic heterocycles. The highest BCUT2D eigenvalue weighted by Crippen LogP contribution is 2.31. The topological polar surface area (TPSA) is 53.1 Å². The standard InChI is InChI=1S/C13H15BrFN3O/c1-3-4-18-13(12(16)8(2)17-18)19-11-6-9(14)5-10(15)7-11/h5-7H,3-4,16H2,1-2H3. The van der Waals surface area contributed by atoms with Gasteiger partial charge in [0.15, 0.2) is 0 Å². The van der Waals surface area contributed by atoms with Crippen molar-refractivity contribution in [2.24, 2.45) is 0 Å². The molecule has 2 N–H and O–H groups in total. The molecule has 6 heteroatoms. The Morgan fingerprint density at radius 3 is 2.79 bits per heavy atom. The van der Waals surface area contributed by atoms with E-state index in [1.165, 1.54) is 12.1 Å². The van der Waals surface area contributed by atoms with E-state index < -0.39 is 0 Å². The number of halogens is 2. The fraction of sp³-hybridized carbons (Fsp3) is 0.308. The number of ether oxygens (including phenoxy) is 1. The van der Waals surface area contributed by atoms with Gasteiger partial charge >= 0.3 is 0 Å². The van der Waals surface area contributed by atoms with Crippen LogP contribution in [0.4, 0.5) is 10.1 Å². The summed E-state index contributed by atoms with van der Waals surface area (Å²) >= 11 is 3.23. The first-order chi connectivity index (χ1) is 9.01. The smallest absolute Gasteiger partial charge is 0.241 e. The first-order valence-electron chi connectivity index (χ1n) is 5.98. The molecule has 0 amide bonds. The van der Waals surface area contributed by atoms with Gasteiger partial charge < -0.3 is 10.5 Å². The number of benzene rings is 1. The molecule has 1 aromatic heterocycles. The maximum absolute atomic E-state index is 13.3. The van der Waals surface area contributed by atoms with Crippen LogP contribution in [0.1, 0.15) is 19.0 Å². The van der Waals surface area contributed by atoms with E-state index in [0.29, 0.717) is 34.0 Å². The molecule has 0 radical (unpaired) electrons. The molecule has 0 saturated carbocycles. The Kier molecular flexibility index (Phi) is 4.09. The fourth-order valence-electron chi connectivity index (χ4n) is 1.74. The first kappa shape index (κ1) is 13.9. The van der Waals surface area contributed by atoms with Gasteiger partial charge in [-0.2, -0.15) is 5.10 Å². The summed E-state index contributed by atoms with van der Waals surface area (Å²) in [6, 6.07) is 4.36. The van der Waals surface area contributed by atoms with Gasteiger partial charge in [0.1, 0.15) is 17.3 Å². The Bertz CT molecular complexity index is 578. The van der Waals surface area contributed by atoms with Gasteiger partial charge in [0.2, 0.25) is 5.88 Å². The normalized spacial score (nSPS) is 10.7. The molecule has 102 valence electrons. The lowest BCUT2D eigenvalue weighted by atomic mass is 10.3. The van der Waals surface area contributed by atoms with Crippen molar-refractivity contribution in [2.75, 3.05) is 5.73 Å². The number of hydrogen-bond donors (Lipinski definition) is 1. The molecule has 0 unspecified atom stereocenters. The average Bonchev–Trinajstić information content (AvgIpc) is 2.56. The lowest BCUT2D eigenvalue weighted by Crippen LogP contribution is -2.02. The van der Waals surface area contributed by atoms with Crippen molar-refractivity contribution in [3.05, 3.63) is 34.2 Å². The lowest BCUT2D eigenvalue weighted by molar-refractivity contribution is 0.407. The quantitative estimate of drug-likeness (QED) is 0.927. The predicted molar refractivity (Wildman–Crippen MR) is 75.8 cm³/mol. The van der Waals surface area contributed by atoms with E-state index >= 15 is 0 Å². The summed E-state index contributed by atoms with van der Waals surface area (Å²) in [6.45, 7) is 4.55. The Hall–Kier alpha value is -1.56. The first-order valence-corrected chi connectivity index (χ1v) is 6.77. The third-order valence-corrected chi connectivity index (χ3v) is 3.07. The van der Waals surface area contributed by atoms with Gasteiger partial charge in [0.05, 0.1) is 5.69 Å². The summed E-state index contributed by atoms with van der Waals surface area (Å²) in [5, 5.41) is 4.30. The van der Waals surface area contributed by atoms with E-state index in [9.17, 15) is 4.39 Å². The molecule has 4 nitrogen and oxygen atoms in total. The molecule has 19 heavy (non-hydrogen) atoms. The number of rotatable bonds is 4. The second kappa shape index (κ2) is 5.61. The van der Waals surface area contributed by atoms with Crippen molar-refractivity contribution in [1.82, 2.24) is 9.78 Å². The van der Waals surface area contributed by atoms with Crippen LogP contribution in [0.25, 0.3) is 0 Å². The minimum atomic E-state index is -0.374. The van der Waals surface area contributed by atoms with Gasteiger partial charge in [-0.25, -0.2) is 9.07 Å². The van der Waals surface area contributed by atoms with Crippen LogP contribution < -0.4 is 10.5 Å². The van der Waals surface area contributed by atoms with E-state index in [1.807, 2.05) is 13.8 Å². The molecular weight excluding hydrogens is 313 g/mol. The molecule has 0 bridgehead atoms. The van der Waals surface area contributed by atoms with Gasteiger partial charge in [-0.15, -0.1) is 0 Å². The Labute approximate surface area is 119 Å². The van der Waals surface area contributed by atoms with Crippen LogP contribution in [0.2, 0.25) is 0 Å². The van der Waals surface area contributed by atoms with Crippen LogP contribution in [-0.2, 0) is 6.54 Å². The monoisotopic (exact) mass is 327 g/mol. The van der Waals surface area contributed by atoms with Crippen molar-refractivity contribution < 1.29 is 9.13 Å². The Balaban J connectivity index is 2.36. The maximum Gasteiger partial charge on any atom is 0.241 e. The van der Waals surface area contributed by atoms with Gasteiger partial charge in [-0.3, -0.25) is 0 Å². The van der Waals surface area contributed by atoms with Crippen molar-refractivity contribution in [1.29, 1.82) is 0 Å². The van der Waals surface area contributed by atoms with E-state index in [2.05, 4.69) is 21.0 Å². The lowest BCUT2D eigenvalue weighted by Gasteiger charge is -2.09. The number of hydrogen-bond acceptors (Lipinski definition) is 3. The largest absolute Gasteiger partial charge is 0.437 e. The molecule has 1 aromatic carbocycles. The van der Waals surface area contributed by atoms with E-state index in [1.54, 1.807) is 10.7 Å². The van der Waals surface area contributed by atoms with Crippen molar-refractivity contribution in [3.8, 4) is 11.6 Å². The highest BCUT2D eigenvalue weighted by atomic mass is 79.9. The average molecular weight is 328 g/mol. The number of aromatic nitrogens is 2. The number of anilines is 1. The highest BCUT2D eigenvalue weighted by molar-refractivity contribution is 9.10. The summed E-state index contributed by atoms with van der Waals surface area (Å²) < 4.78 is 21.3. The summed E-state index contributed by atoms with van der Waals surface area (Å²) in [7, 11) is 0.